The van der Waals surface area contributed by atoms with E-state index in [9.17, 15) is 4.79 Å². The molecule has 0 unspecified atom stereocenters. The monoisotopic (exact) mass is 302 g/mol. The van der Waals surface area contributed by atoms with Crippen LogP contribution >= 0.6 is 11.6 Å². The fourth-order valence-electron chi connectivity index (χ4n) is 1.72. The number of halogens is 1. The van der Waals surface area contributed by atoms with Crippen molar-refractivity contribution in [1.29, 1.82) is 0 Å². The second-order valence-electron chi connectivity index (χ2n) is 4.48. The van der Waals surface area contributed by atoms with Gasteiger partial charge in [-0.05, 0) is 37.6 Å². The van der Waals surface area contributed by atoms with Gasteiger partial charge in [0.25, 0.3) is 0 Å². The second-order valence-corrected chi connectivity index (χ2v) is 4.89. The van der Waals surface area contributed by atoms with Crippen molar-refractivity contribution in [3.63, 3.8) is 0 Å². The molecule has 1 aromatic carbocycles. The summed E-state index contributed by atoms with van der Waals surface area (Å²) in [5.74, 6) is 0.807. The smallest absolute Gasteiger partial charge is 0.247 e. The van der Waals surface area contributed by atoms with E-state index < -0.39 is 0 Å². The fraction of sp³-hybridized carbons (Fsp3) is 0.133. The van der Waals surface area contributed by atoms with Crippen LogP contribution in [0.4, 0.5) is 17.2 Å². The zero-order chi connectivity index (χ0) is 15.4. The van der Waals surface area contributed by atoms with E-state index in [1.165, 1.54) is 12.3 Å². The van der Waals surface area contributed by atoms with Gasteiger partial charge >= 0.3 is 0 Å². The molecule has 0 radical (unpaired) electrons. The van der Waals surface area contributed by atoms with Crippen molar-refractivity contribution in [2.24, 2.45) is 0 Å². The summed E-state index contributed by atoms with van der Waals surface area (Å²) >= 11 is 6.07. The molecule has 0 spiro atoms. The number of carbonyl (C=O) groups excluding carboxylic acids is 1. The van der Waals surface area contributed by atoms with Crippen LogP contribution in [-0.4, -0.2) is 15.9 Å². The number of hydrogen-bond donors (Lipinski definition) is 2. The first kappa shape index (κ1) is 15.0. The molecule has 0 fully saturated rings. The first-order valence-electron chi connectivity index (χ1n) is 6.30. The van der Waals surface area contributed by atoms with E-state index in [0.717, 1.165) is 5.56 Å². The summed E-state index contributed by atoms with van der Waals surface area (Å²) in [6.07, 6.45) is 2.75. The zero-order valence-corrected chi connectivity index (χ0v) is 12.5. The minimum absolute atomic E-state index is 0.284. The first-order chi connectivity index (χ1) is 9.99. The minimum Gasteiger partial charge on any atom is -0.337 e. The predicted molar refractivity (Wildman–Crippen MR) is 85.1 cm³/mol. The average molecular weight is 303 g/mol. The van der Waals surface area contributed by atoms with Crippen molar-refractivity contribution in [1.82, 2.24) is 9.97 Å². The van der Waals surface area contributed by atoms with Crippen LogP contribution in [0.2, 0.25) is 5.02 Å². The van der Waals surface area contributed by atoms with Crippen molar-refractivity contribution in [2.45, 2.75) is 13.8 Å². The Morgan fingerprint density at radius 2 is 2.10 bits per heavy atom. The Morgan fingerprint density at radius 1 is 1.33 bits per heavy atom. The third kappa shape index (κ3) is 3.79. The van der Waals surface area contributed by atoms with Gasteiger partial charge in [-0.15, -0.1) is 0 Å². The summed E-state index contributed by atoms with van der Waals surface area (Å²) in [6, 6.07) is 5.63. The number of hydrogen-bond acceptors (Lipinski definition) is 4. The standard InChI is InChI=1S/C15H15ClN4O/c1-4-14(21)19-13-7-9(2)5-6-12(13)20-15-11(16)8-17-10(3)18-15/h4-8H,1H2,2-3H3,(H,19,21)(H,17,18,20). The maximum Gasteiger partial charge on any atom is 0.247 e. The van der Waals surface area contributed by atoms with Gasteiger partial charge in [0, 0.05) is 0 Å². The molecule has 1 aromatic heterocycles. The van der Waals surface area contributed by atoms with Gasteiger partial charge in [-0.25, -0.2) is 9.97 Å². The molecular formula is C15H15ClN4O. The molecule has 2 rings (SSSR count). The van der Waals surface area contributed by atoms with Crippen molar-refractivity contribution in [3.8, 4) is 0 Å². The normalized spacial score (nSPS) is 10.0. The van der Waals surface area contributed by atoms with Gasteiger partial charge in [0.05, 0.1) is 17.6 Å². The van der Waals surface area contributed by atoms with E-state index in [0.29, 0.717) is 28.0 Å². The van der Waals surface area contributed by atoms with E-state index in [1.54, 1.807) is 6.92 Å². The van der Waals surface area contributed by atoms with Crippen LogP contribution in [0.5, 0.6) is 0 Å². The van der Waals surface area contributed by atoms with Gasteiger partial charge in [-0.2, -0.15) is 0 Å². The van der Waals surface area contributed by atoms with Crippen LogP contribution in [0.15, 0.2) is 37.1 Å². The van der Waals surface area contributed by atoms with Crippen LogP contribution in [0.25, 0.3) is 0 Å². The lowest BCUT2D eigenvalue weighted by Gasteiger charge is -2.13. The number of nitrogens with zero attached hydrogens (tertiary/aromatic N) is 2. The lowest BCUT2D eigenvalue weighted by Crippen LogP contribution is -2.10. The average Bonchev–Trinajstić information content (AvgIpc) is 2.45. The van der Waals surface area contributed by atoms with E-state index in [2.05, 4.69) is 27.2 Å². The molecule has 21 heavy (non-hydrogen) atoms. The Labute approximate surface area is 128 Å². The molecule has 0 aliphatic carbocycles. The van der Waals surface area contributed by atoms with Crippen LogP contribution in [0, 0.1) is 13.8 Å². The van der Waals surface area contributed by atoms with E-state index in [-0.39, 0.29) is 5.91 Å². The molecule has 1 amide bonds. The number of rotatable bonds is 4. The molecule has 108 valence electrons. The highest BCUT2D eigenvalue weighted by Crippen LogP contribution is 2.29. The third-order valence-electron chi connectivity index (χ3n) is 2.74. The molecule has 5 nitrogen and oxygen atoms in total. The lowest BCUT2D eigenvalue weighted by atomic mass is 10.2. The second kappa shape index (κ2) is 6.37. The van der Waals surface area contributed by atoms with Crippen molar-refractivity contribution in [2.75, 3.05) is 10.6 Å². The number of aromatic nitrogens is 2. The Balaban J connectivity index is 2.37. The SMILES string of the molecule is C=CC(=O)Nc1cc(C)ccc1Nc1nc(C)ncc1Cl. The number of aryl methyl sites for hydroxylation is 2. The topological polar surface area (TPSA) is 66.9 Å². The number of amides is 1. The molecule has 6 heteroatoms. The predicted octanol–water partition coefficient (Wildman–Crippen LogP) is 3.61. The highest BCUT2D eigenvalue weighted by molar-refractivity contribution is 6.32. The molecule has 0 saturated carbocycles. The maximum atomic E-state index is 11.5. The zero-order valence-electron chi connectivity index (χ0n) is 11.8. The van der Waals surface area contributed by atoms with E-state index >= 15 is 0 Å². The fourth-order valence-corrected chi connectivity index (χ4v) is 1.86. The van der Waals surface area contributed by atoms with Crippen LogP contribution in [0.1, 0.15) is 11.4 Å². The Hall–Kier alpha value is -2.40. The highest BCUT2D eigenvalue weighted by atomic mass is 35.5. The molecule has 0 aliphatic rings. The third-order valence-corrected chi connectivity index (χ3v) is 3.01. The van der Waals surface area contributed by atoms with Gasteiger partial charge in [0.1, 0.15) is 10.8 Å². The van der Waals surface area contributed by atoms with Crippen LogP contribution in [0.3, 0.4) is 0 Å². The summed E-state index contributed by atoms with van der Waals surface area (Å²) in [5, 5.41) is 6.26. The van der Waals surface area contributed by atoms with E-state index in [1.807, 2.05) is 25.1 Å². The quantitative estimate of drug-likeness (QED) is 0.847. The molecule has 0 saturated heterocycles. The van der Waals surface area contributed by atoms with Crippen molar-refractivity contribution >= 4 is 34.7 Å². The summed E-state index contributed by atoms with van der Waals surface area (Å²) in [5.41, 5.74) is 2.34. The number of benzene rings is 1. The van der Waals surface area contributed by atoms with Gasteiger partial charge in [0.2, 0.25) is 5.91 Å². The summed E-state index contributed by atoms with van der Waals surface area (Å²) in [4.78, 5) is 19.8. The van der Waals surface area contributed by atoms with Gasteiger partial charge < -0.3 is 10.6 Å². The summed E-state index contributed by atoms with van der Waals surface area (Å²) in [6.45, 7) is 7.16. The lowest BCUT2D eigenvalue weighted by molar-refractivity contribution is -0.111. The molecule has 0 atom stereocenters. The van der Waals surface area contributed by atoms with Crippen LogP contribution < -0.4 is 10.6 Å². The number of nitrogens with one attached hydrogen (secondary N) is 2. The van der Waals surface area contributed by atoms with Gasteiger partial charge in [-0.3, -0.25) is 4.79 Å². The van der Waals surface area contributed by atoms with Crippen molar-refractivity contribution < 1.29 is 4.79 Å². The van der Waals surface area contributed by atoms with Gasteiger partial charge in [0.15, 0.2) is 5.82 Å². The summed E-state index contributed by atoms with van der Waals surface area (Å²) in [7, 11) is 0. The highest BCUT2D eigenvalue weighted by Gasteiger charge is 2.09. The molecule has 0 aliphatic heterocycles. The number of anilines is 3. The molecule has 2 aromatic rings. The Kier molecular flexibility index (Phi) is 4.55. The molecule has 2 N–H and O–H groups in total. The summed E-state index contributed by atoms with van der Waals surface area (Å²) < 4.78 is 0. The van der Waals surface area contributed by atoms with Crippen molar-refractivity contribution in [3.05, 3.63) is 53.5 Å². The Bertz CT molecular complexity index is 700. The van der Waals surface area contributed by atoms with Crippen LogP contribution in [-0.2, 0) is 4.79 Å². The van der Waals surface area contributed by atoms with Gasteiger partial charge in [-0.1, -0.05) is 24.2 Å². The Morgan fingerprint density at radius 3 is 2.81 bits per heavy atom. The van der Waals surface area contributed by atoms with E-state index in [4.69, 9.17) is 11.6 Å². The molecule has 1 heterocycles. The largest absolute Gasteiger partial charge is 0.337 e. The number of carbonyl (C=O) groups is 1. The maximum absolute atomic E-state index is 11.5. The minimum atomic E-state index is -0.284. The first-order valence-corrected chi connectivity index (χ1v) is 6.67. The molecule has 0 bridgehead atoms. The molecular weight excluding hydrogens is 288 g/mol.